The zero-order valence-electron chi connectivity index (χ0n) is 14.2. The molecule has 7 heteroatoms. The molecule has 1 saturated heterocycles. The van der Waals surface area contributed by atoms with Gasteiger partial charge in [0.05, 0.1) is 0 Å². The van der Waals surface area contributed by atoms with Crippen LogP contribution in [0.4, 0.5) is 0 Å². The number of rotatable bonds is 3. The predicted octanol–water partition coefficient (Wildman–Crippen LogP) is 2.77. The van der Waals surface area contributed by atoms with Crippen LogP contribution in [0, 0.1) is 0 Å². The molecule has 25 heavy (non-hydrogen) atoms. The third-order valence-electron chi connectivity index (χ3n) is 4.64. The second kappa shape index (κ2) is 6.74. The fourth-order valence-corrected chi connectivity index (χ4v) is 3.32. The molecule has 2 aliphatic heterocycles. The van der Waals surface area contributed by atoms with Crippen molar-refractivity contribution in [1.29, 1.82) is 0 Å². The highest BCUT2D eigenvalue weighted by Gasteiger charge is 2.33. The van der Waals surface area contributed by atoms with Crippen molar-refractivity contribution in [2.45, 2.75) is 38.6 Å². The number of nitrogens with zero attached hydrogens (tertiary/aromatic N) is 3. The molecule has 0 aliphatic carbocycles. The summed E-state index contributed by atoms with van der Waals surface area (Å²) in [6.45, 7) is 3.69. The van der Waals surface area contributed by atoms with E-state index in [2.05, 4.69) is 10.1 Å². The molecule has 0 bridgehead atoms. The molecule has 2 aromatic rings. The van der Waals surface area contributed by atoms with E-state index in [1.165, 1.54) is 0 Å². The van der Waals surface area contributed by atoms with Crippen molar-refractivity contribution in [3.05, 3.63) is 35.5 Å². The van der Waals surface area contributed by atoms with Gasteiger partial charge in [-0.2, -0.15) is 4.98 Å². The first-order chi connectivity index (χ1) is 12.3. The molecule has 3 heterocycles. The van der Waals surface area contributed by atoms with E-state index in [0.29, 0.717) is 55.0 Å². The third-order valence-corrected chi connectivity index (χ3v) is 4.64. The summed E-state index contributed by atoms with van der Waals surface area (Å²) in [6, 6.07) is 5.17. The number of aromatic nitrogens is 2. The van der Waals surface area contributed by atoms with Crippen molar-refractivity contribution >= 4 is 5.91 Å². The second-order valence-electron chi connectivity index (χ2n) is 6.27. The maximum Gasteiger partial charge on any atom is 0.254 e. The summed E-state index contributed by atoms with van der Waals surface area (Å²) < 4.78 is 16.5. The van der Waals surface area contributed by atoms with Gasteiger partial charge >= 0.3 is 0 Å². The lowest BCUT2D eigenvalue weighted by Crippen LogP contribution is -2.38. The molecule has 1 aromatic heterocycles. The Morgan fingerprint density at radius 3 is 2.88 bits per heavy atom. The van der Waals surface area contributed by atoms with Gasteiger partial charge in [0.1, 0.15) is 19.3 Å². The van der Waals surface area contributed by atoms with Crippen LogP contribution in [-0.2, 0) is 6.42 Å². The number of likely N-dealkylation sites (tertiary alicyclic amines) is 1. The first kappa shape index (κ1) is 15.9. The third kappa shape index (κ3) is 3.06. The van der Waals surface area contributed by atoms with Gasteiger partial charge in [-0.25, -0.2) is 0 Å². The molecule has 7 nitrogen and oxygen atoms in total. The summed E-state index contributed by atoms with van der Waals surface area (Å²) in [5, 5.41) is 3.97. The minimum absolute atomic E-state index is 0.0436. The molecule has 4 rings (SSSR count). The van der Waals surface area contributed by atoms with Crippen LogP contribution in [0.1, 0.15) is 54.3 Å². The number of carbonyl (C=O) groups is 1. The van der Waals surface area contributed by atoms with Crippen molar-refractivity contribution in [2.75, 3.05) is 19.8 Å². The Balaban J connectivity index is 1.60. The Morgan fingerprint density at radius 2 is 2.08 bits per heavy atom. The molecule has 1 atom stereocenters. The van der Waals surface area contributed by atoms with Crippen molar-refractivity contribution < 1.29 is 18.8 Å². The molecule has 0 saturated carbocycles. The number of hydrogen-bond donors (Lipinski definition) is 0. The van der Waals surface area contributed by atoms with Crippen LogP contribution in [0.2, 0.25) is 0 Å². The van der Waals surface area contributed by atoms with Crippen molar-refractivity contribution in [3.63, 3.8) is 0 Å². The molecule has 1 amide bonds. The Morgan fingerprint density at radius 1 is 1.24 bits per heavy atom. The van der Waals surface area contributed by atoms with E-state index < -0.39 is 0 Å². The van der Waals surface area contributed by atoms with E-state index in [9.17, 15) is 4.79 Å². The normalized spacial score (nSPS) is 19.7. The molecule has 1 aromatic carbocycles. The van der Waals surface area contributed by atoms with Crippen LogP contribution < -0.4 is 9.47 Å². The van der Waals surface area contributed by atoms with Crippen LogP contribution >= 0.6 is 0 Å². The summed E-state index contributed by atoms with van der Waals surface area (Å²) in [5.74, 6) is 2.46. The number of aryl methyl sites for hydroxylation is 1. The minimum atomic E-state index is -0.165. The van der Waals surface area contributed by atoms with Gasteiger partial charge in [-0.15, -0.1) is 0 Å². The van der Waals surface area contributed by atoms with Crippen LogP contribution in [0.5, 0.6) is 11.5 Å². The largest absolute Gasteiger partial charge is 0.486 e. The summed E-state index contributed by atoms with van der Waals surface area (Å²) in [6.07, 6.45) is 3.56. The molecule has 1 unspecified atom stereocenters. The lowest BCUT2D eigenvalue weighted by atomic mass is 10.0. The maximum absolute atomic E-state index is 13.1. The molecular weight excluding hydrogens is 322 g/mol. The van der Waals surface area contributed by atoms with Crippen molar-refractivity contribution in [2.24, 2.45) is 0 Å². The quantitative estimate of drug-likeness (QED) is 0.853. The highest BCUT2D eigenvalue weighted by Crippen LogP contribution is 2.34. The van der Waals surface area contributed by atoms with Crippen LogP contribution in [0.25, 0.3) is 0 Å². The van der Waals surface area contributed by atoms with E-state index in [1.54, 1.807) is 18.2 Å². The molecular formula is C18H21N3O4. The Labute approximate surface area is 145 Å². The highest BCUT2D eigenvalue weighted by atomic mass is 16.6. The highest BCUT2D eigenvalue weighted by molar-refractivity contribution is 5.95. The van der Waals surface area contributed by atoms with E-state index in [0.717, 1.165) is 19.3 Å². The molecule has 132 valence electrons. The average molecular weight is 343 g/mol. The second-order valence-corrected chi connectivity index (χ2v) is 6.27. The summed E-state index contributed by atoms with van der Waals surface area (Å²) in [4.78, 5) is 19.4. The van der Waals surface area contributed by atoms with Crippen LogP contribution in [0.3, 0.4) is 0 Å². The van der Waals surface area contributed by atoms with Gasteiger partial charge in [0.2, 0.25) is 5.89 Å². The minimum Gasteiger partial charge on any atom is -0.486 e. The van der Waals surface area contributed by atoms with E-state index in [1.807, 2.05) is 11.8 Å². The van der Waals surface area contributed by atoms with Gasteiger partial charge in [0.15, 0.2) is 17.3 Å². The summed E-state index contributed by atoms with van der Waals surface area (Å²) >= 11 is 0. The first-order valence-electron chi connectivity index (χ1n) is 8.79. The van der Waals surface area contributed by atoms with Gasteiger partial charge in [-0.3, -0.25) is 4.79 Å². The monoisotopic (exact) mass is 343 g/mol. The Kier molecular flexibility index (Phi) is 4.29. The van der Waals surface area contributed by atoms with Gasteiger partial charge in [-0.1, -0.05) is 12.1 Å². The Bertz CT molecular complexity index is 773. The standard InChI is InChI=1S/C18H21N3O4/c1-2-16-19-17(25-20-16)13-5-3-4-8-21(13)18(22)12-6-7-14-15(11-12)24-10-9-23-14/h6-7,11,13H,2-5,8-10H2,1H3. The van der Waals surface area contributed by atoms with Gasteiger partial charge < -0.3 is 18.9 Å². The number of fused-ring (bicyclic) bond motifs is 1. The SMILES string of the molecule is CCc1noc(C2CCCCN2C(=O)c2ccc3c(c2)OCCO3)n1. The van der Waals surface area contributed by atoms with Gasteiger partial charge in [0.25, 0.3) is 5.91 Å². The van der Waals surface area contributed by atoms with Crippen LogP contribution in [0.15, 0.2) is 22.7 Å². The molecule has 0 N–H and O–H groups in total. The molecule has 2 aliphatic rings. The predicted molar refractivity (Wildman–Crippen MR) is 88.7 cm³/mol. The summed E-state index contributed by atoms with van der Waals surface area (Å²) in [7, 11) is 0. The first-order valence-corrected chi connectivity index (χ1v) is 8.79. The van der Waals surface area contributed by atoms with E-state index in [-0.39, 0.29) is 11.9 Å². The van der Waals surface area contributed by atoms with Crippen molar-refractivity contribution in [3.8, 4) is 11.5 Å². The maximum atomic E-state index is 13.1. The zero-order chi connectivity index (χ0) is 17.2. The average Bonchev–Trinajstić information content (AvgIpc) is 3.16. The molecule has 0 spiro atoms. The Hall–Kier alpha value is -2.57. The fraction of sp³-hybridized carbons (Fsp3) is 0.500. The van der Waals surface area contributed by atoms with Gasteiger partial charge in [-0.05, 0) is 37.5 Å². The number of carbonyl (C=O) groups excluding carboxylic acids is 1. The molecule has 1 fully saturated rings. The fourth-order valence-electron chi connectivity index (χ4n) is 3.32. The lowest BCUT2D eigenvalue weighted by molar-refractivity contribution is 0.0560. The van der Waals surface area contributed by atoms with Crippen LogP contribution in [-0.4, -0.2) is 40.7 Å². The number of benzene rings is 1. The van der Waals surface area contributed by atoms with Crippen molar-refractivity contribution in [1.82, 2.24) is 15.0 Å². The number of amides is 1. The van der Waals surface area contributed by atoms with E-state index >= 15 is 0 Å². The zero-order valence-corrected chi connectivity index (χ0v) is 14.2. The topological polar surface area (TPSA) is 77.7 Å². The molecule has 0 radical (unpaired) electrons. The number of hydrogen-bond acceptors (Lipinski definition) is 6. The number of ether oxygens (including phenoxy) is 2. The number of piperidine rings is 1. The summed E-state index contributed by atoms with van der Waals surface area (Å²) in [5.41, 5.74) is 0.589. The van der Waals surface area contributed by atoms with E-state index in [4.69, 9.17) is 14.0 Å². The smallest absolute Gasteiger partial charge is 0.254 e. The lowest BCUT2D eigenvalue weighted by Gasteiger charge is -2.33. The van der Waals surface area contributed by atoms with Gasteiger partial charge in [0, 0.05) is 18.5 Å².